The molecule has 7 nitrogen and oxygen atoms in total. The Bertz CT molecular complexity index is 669. The number of carbonyl (C=O) groups excluding carboxylic acids is 3. The van der Waals surface area contributed by atoms with Crippen LogP contribution in [0.25, 0.3) is 0 Å². The molecule has 4 amide bonds. The Hall–Kier alpha value is -2.57. The Labute approximate surface area is 140 Å². The van der Waals surface area contributed by atoms with Crippen LogP contribution in [0.5, 0.6) is 5.75 Å². The Morgan fingerprint density at radius 1 is 1.33 bits per heavy atom. The molecule has 1 aromatic carbocycles. The molecule has 0 bridgehead atoms. The Kier molecular flexibility index (Phi) is 4.17. The molecule has 7 heteroatoms. The number of imide groups is 1. The van der Waals surface area contributed by atoms with Crippen molar-refractivity contribution in [3.63, 3.8) is 0 Å². The summed E-state index contributed by atoms with van der Waals surface area (Å²) < 4.78 is 5.07. The van der Waals surface area contributed by atoms with Crippen molar-refractivity contribution in [3.8, 4) is 5.75 Å². The minimum Gasteiger partial charge on any atom is -0.497 e. The van der Waals surface area contributed by atoms with Crippen molar-refractivity contribution in [3.05, 3.63) is 29.8 Å². The molecule has 1 aliphatic heterocycles. The summed E-state index contributed by atoms with van der Waals surface area (Å²) in [6.07, 6.45) is 1.86. The monoisotopic (exact) mass is 331 g/mol. The number of hydrogen-bond donors (Lipinski definition) is 2. The summed E-state index contributed by atoms with van der Waals surface area (Å²) >= 11 is 0. The molecule has 1 aromatic rings. The SMILES string of the molecule is COc1ccc(CNC(=O)CN2C(=O)N[C@](C)(C3CC3)C2=O)cc1. The highest BCUT2D eigenvalue weighted by atomic mass is 16.5. The minimum absolute atomic E-state index is 0.182. The highest BCUT2D eigenvalue weighted by molar-refractivity contribution is 6.09. The average Bonchev–Trinajstić information content (AvgIpc) is 3.40. The van der Waals surface area contributed by atoms with E-state index < -0.39 is 11.6 Å². The minimum atomic E-state index is -0.854. The van der Waals surface area contributed by atoms with Gasteiger partial charge in [0.05, 0.1) is 7.11 Å². The molecule has 0 radical (unpaired) electrons. The van der Waals surface area contributed by atoms with Gasteiger partial charge in [0.15, 0.2) is 0 Å². The molecular formula is C17H21N3O4. The molecule has 1 saturated carbocycles. The van der Waals surface area contributed by atoms with Crippen LogP contribution in [0.2, 0.25) is 0 Å². The van der Waals surface area contributed by atoms with E-state index >= 15 is 0 Å². The summed E-state index contributed by atoms with van der Waals surface area (Å²) in [5.74, 6) is 0.244. The van der Waals surface area contributed by atoms with Crippen LogP contribution in [-0.2, 0) is 16.1 Å². The summed E-state index contributed by atoms with van der Waals surface area (Å²) in [6, 6.07) is 6.81. The van der Waals surface area contributed by atoms with E-state index in [0.29, 0.717) is 6.54 Å². The van der Waals surface area contributed by atoms with E-state index in [1.165, 1.54) is 0 Å². The predicted octanol–water partition coefficient (Wildman–Crippen LogP) is 1.03. The molecule has 0 aromatic heterocycles. The van der Waals surface area contributed by atoms with E-state index in [2.05, 4.69) is 10.6 Å². The predicted molar refractivity (Wildman–Crippen MR) is 86.2 cm³/mol. The molecule has 1 heterocycles. The van der Waals surface area contributed by atoms with Gasteiger partial charge in [0.2, 0.25) is 5.91 Å². The Morgan fingerprint density at radius 3 is 2.58 bits per heavy atom. The molecule has 24 heavy (non-hydrogen) atoms. The largest absolute Gasteiger partial charge is 0.497 e. The average molecular weight is 331 g/mol. The summed E-state index contributed by atoms with van der Waals surface area (Å²) in [4.78, 5) is 37.5. The quantitative estimate of drug-likeness (QED) is 0.762. The summed E-state index contributed by atoms with van der Waals surface area (Å²) in [5, 5.41) is 5.45. The second-order valence-electron chi connectivity index (χ2n) is 6.42. The summed E-state index contributed by atoms with van der Waals surface area (Å²) in [6.45, 7) is 1.80. The number of benzene rings is 1. The van der Waals surface area contributed by atoms with Gasteiger partial charge in [0.1, 0.15) is 17.8 Å². The van der Waals surface area contributed by atoms with Crippen molar-refractivity contribution in [2.45, 2.75) is 31.8 Å². The highest BCUT2D eigenvalue weighted by Crippen LogP contribution is 2.42. The molecule has 1 saturated heterocycles. The number of nitrogens with one attached hydrogen (secondary N) is 2. The van der Waals surface area contributed by atoms with Crippen LogP contribution in [0, 0.1) is 5.92 Å². The van der Waals surface area contributed by atoms with Gasteiger partial charge < -0.3 is 15.4 Å². The first-order chi connectivity index (χ1) is 11.4. The van der Waals surface area contributed by atoms with Gasteiger partial charge in [-0.05, 0) is 43.4 Å². The zero-order valence-electron chi connectivity index (χ0n) is 13.8. The van der Waals surface area contributed by atoms with E-state index in [1.807, 2.05) is 12.1 Å². The maximum absolute atomic E-state index is 12.4. The van der Waals surface area contributed by atoms with Crippen LogP contribution in [0.4, 0.5) is 4.79 Å². The molecular weight excluding hydrogens is 310 g/mol. The number of ether oxygens (including phenoxy) is 1. The number of rotatable bonds is 6. The number of nitrogens with zero attached hydrogens (tertiary/aromatic N) is 1. The first kappa shape index (κ1) is 16.3. The number of amides is 4. The fourth-order valence-corrected chi connectivity index (χ4v) is 2.94. The van der Waals surface area contributed by atoms with Crippen molar-refractivity contribution in [2.75, 3.05) is 13.7 Å². The standard InChI is InChI=1S/C17H21N3O4/c1-17(12-5-6-12)15(22)20(16(23)19-17)10-14(21)18-9-11-3-7-13(24-2)8-4-11/h3-4,7-8,12H,5-6,9-10H2,1-2H3,(H,18,21)(H,19,23)/t17-/m1/s1. The molecule has 0 unspecified atom stereocenters. The van der Waals surface area contributed by atoms with Crippen molar-refractivity contribution in [1.82, 2.24) is 15.5 Å². The van der Waals surface area contributed by atoms with Gasteiger partial charge in [-0.25, -0.2) is 4.79 Å². The molecule has 0 spiro atoms. The number of hydrogen-bond acceptors (Lipinski definition) is 4. The van der Waals surface area contributed by atoms with Crippen LogP contribution < -0.4 is 15.4 Å². The van der Waals surface area contributed by atoms with Gasteiger partial charge in [-0.1, -0.05) is 12.1 Å². The van der Waals surface area contributed by atoms with Gasteiger partial charge in [-0.3, -0.25) is 14.5 Å². The van der Waals surface area contributed by atoms with E-state index in [0.717, 1.165) is 29.1 Å². The topological polar surface area (TPSA) is 87.7 Å². The number of carbonyl (C=O) groups is 3. The van der Waals surface area contributed by atoms with Crippen LogP contribution in [0.3, 0.4) is 0 Å². The lowest BCUT2D eigenvalue weighted by atomic mass is 9.96. The first-order valence-electron chi connectivity index (χ1n) is 7.98. The van der Waals surface area contributed by atoms with Crippen molar-refractivity contribution in [1.29, 1.82) is 0 Å². The lowest BCUT2D eigenvalue weighted by Crippen LogP contribution is -2.46. The molecule has 1 atom stereocenters. The van der Waals surface area contributed by atoms with E-state index in [4.69, 9.17) is 4.74 Å². The van der Waals surface area contributed by atoms with Gasteiger partial charge in [-0.2, -0.15) is 0 Å². The van der Waals surface area contributed by atoms with Gasteiger partial charge in [-0.15, -0.1) is 0 Å². The molecule has 1 aliphatic carbocycles. The maximum atomic E-state index is 12.4. The first-order valence-corrected chi connectivity index (χ1v) is 7.98. The summed E-state index contributed by atoms with van der Waals surface area (Å²) in [5.41, 5.74) is 0.0528. The second-order valence-corrected chi connectivity index (χ2v) is 6.42. The molecule has 3 rings (SSSR count). The van der Waals surface area contributed by atoms with Gasteiger partial charge in [0, 0.05) is 6.54 Å². The summed E-state index contributed by atoms with van der Waals surface area (Å²) in [7, 11) is 1.59. The third-order valence-corrected chi connectivity index (χ3v) is 4.65. The van der Waals surface area contributed by atoms with Crippen molar-refractivity contribution in [2.24, 2.45) is 5.92 Å². The van der Waals surface area contributed by atoms with Crippen LogP contribution in [0.15, 0.2) is 24.3 Å². The van der Waals surface area contributed by atoms with Gasteiger partial charge >= 0.3 is 6.03 Å². The number of urea groups is 1. The van der Waals surface area contributed by atoms with E-state index in [-0.39, 0.29) is 24.3 Å². The zero-order chi connectivity index (χ0) is 17.3. The van der Waals surface area contributed by atoms with Crippen molar-refractivity contribution < 1.29 is 19.1 Å². The van der Waals surface area contributed by atoms with Crippen LogP contribution in [0.1, 0.15) is 25.3 Å². The maximum Gasteiger partial charge on any atom is 0.325 e. The Morgan fingerprint density at radius 2 is 2.00 bits per heavy atom. The smallest absolute Gasteiger partial charge is 0.325 e. The van der Waals surface area contributed by atoms with Crippen molar-refractivity contribution >= 4 is 17.8 Å². The van der Waals surface area contributed by atoms with Crippen LogP contribution >= 0.6 is 0 Å². The third kappa shape index (κ3) is 3.06. The van der Waals surface area contributed by atoms with Gasteiger partial charge in [0.25, 0.3) is 5.91 Å². The lowest BCUT2D eigenvalue weighted by molar-refractivity contribution is -0.135. The molecule has 2 fully saturated rings. The normalized spacial score (nSPS) is 23.2. The zero-order valence-corrected chi connectivity index (χ0v) is 13.8. The molecule has 128 valence electrons. The van der Waals surface area contributed by atoms with Crippen LogP contribution in [-0.4, -0.2) is 41.9 Å². The molecule has 2 aliphatic rings. The molecule has 2 N–H and O–H groups in total. The highest BCUT2D eigenvalue weighted by Gasteiger charge is 2.56. The van der Waals surface area contributed by atoms with E-state index in [1.54, 1.807) is 26.2 Å². The second kappa shape index (κ2) is 6.14. The fraction of sp³-hybridized carbons (Fsp3) is 0.471. The Balaban J connectivity index is 1.54. The van der Waals surface area contributed by atoms with E-state index in [9.17, 15) is 14.4 Å². The third-order valence-electron chi connectivity index (χ3n) is 4.65. The number of methoxy groups -OCH3 is 1. The fourth-order valence-electron chi connectivity index (χ4n) is 2.94. The lowest BCUT2D eigenvalue weighted by Gasteiger charge is -2.20.